The molecule has 0 radical (unpaired) electrons. The number of nitrogens with zero attached hydrogens (tertiary/aromatic N) is 6. The summed E-state index contributed by atoms with van der Waals surface area (Å²) in [6.45, 7) is 5.56. The monoisotopic (exact) mass is 513 g/mol. The molecule has 0 spiro atoms. The van der Waals surface area contributed by atoms with Gasteiger partial charge in [0.2, 0.25) is 5.95 Å². The first-order chi connectivity index (χ1) is 18.0. The van der Waals surface area contributed by atoms with Gasteiger partial charge < -0.3 is 10.8 Å². The fourth-order valence-electron chi connectivity index (χ4n) is 4.51. The third-order valence-corrected chi connectivity index (χ3v) is 6.45. The molecule has 0 fully saturated rings. The van der Waals surface area contributed by atoms with Crippen LogP contribution < -0.4 is 11.3 Å². The zero-order valence-corrected chi connectivity index (χ0v) is 21.6. The highest BCUT2D eigenvalue weighted by Gasteiger charge is 2.20. The number of halogens is 1. The van der Waals surface area contributed by atoms with Gasteiger partial charge in [-0.05, 0) is 40.1 Å². The van der Waals surface area contributed by atoms with Crippen molar-refractivity contribution in [2.24, 2.45) is 7.05 Å². The SMILES string of the molecule is Cn1cc(Cc2nc(N)nc(-c3cccc(-n4ccc5cc(C(C)(C)C)cc(F)c5c4=O)c3CO)n2)cn1. The van der Waals surface area contributed by atoms with Crippen LogP contribution in [0.1, 0.15) is 43.3 Å². The summed E-state index contributed by atoms with van der Waals surface area (Å²) in [7, 11) is 1.82. The molecule has 9 nitrogen and oxygen atoms in total. The molecule has 0 unspecified atom stereocenters. The fourth-order valence-corrected chi connectivity index (χ4v) is 4.51. The van der Waals surface area contributed by atoms with E-state index in [0.29, 0.717) is 34.4 Å². The Balaban J connectivity index is 1.64. The molecule has 0 aliphatic carbocycles. The Kier molecular flexibility index (Phi) is 6.28. The van der Waals surface area contributed by atoms with Crippen molar-refractivity contribution in [3.8, 4) is 17.1 Å². The molecule has 10 heteroatoms. The molecule has 3 aromatic heterocycles. The number of pyridine rings is 1. The van der Waals surface area contributed by atoms with Crippen molar-refractivity contribution in [3.05, 3.63) is 93.7 Å². The molecule has 0 saturated carbocycles. The van der Waals surface area contributed by atoms with Crippen LogP contribution in [0.4, 0.5) is 10.3 Å². The maximum absolute atomic E-state index is 15.2. The molecule has 0 bridgehead atoms. The first kappa shape index (κ1) is 25.2. The van der Waals surface area contributed by atoms with Crippen molar-refractivity contribution in [2.75, 3.05) is 5.73 Å². The molecule has 3 heterocycles. The lowest BCUT2D eigenvalue weighted by Gasteiger charge is -2.20. The van der Waals surface area contributed by atoms with Gasteiger partial charge in [-0.1, -0.05) is 39.0 Å². The summed E-state index contributed by atoms with van der Waals surface area (Å²) in [5, 5.41) is 15.0. The summed E-state index contributed by atoms with van der Waals surface area (Å²) in [6.07, 6.45) is 5.55. The number of nitrogen functional groups attached to an aromatic ring is 1. The van der Waals surface area contributed by atoms with E-state index in [1.165, 1.54) is 10.6 Å². The summed E-state index contributed by atoms with van der Waals surface area (Å²) in [5.74, 6) is 0.146. The molecular formula is C28H28FN7O2. The maximum Gasteiger partial charge on any atom is 0.265 e. The van der Waals surface area contributed by atoms with Gasteiger partial charge in [0.1, 0.15) is 11.6 Å². The second-order valence-corrected chi connectivity index (χ2v) is 10.3. The van der Waals surface area contributed by atoms with Crippen molar-refractivity contribution in [2.45, 2.75) is 39.2 Å². The summed E-state index contributed by atoms with van der Waals surface area (Å²) in [6, 6.07) is 10.1. The van der Waals surface area contributed by atoms with Crippen LogP contribution >= 0.6 is 0 Å². The van der Waals surface area contributed by atoms with E-state index in [4.69, 9.17) is 5.73 Å². The summed E-state index contributed by atoms with van der Waals surface area (Å²) < 4.78 is 18.2. The second-order valence-electron chi connectivity index (χ2n) is 10.3. The van der Waals surface area contributed by atoms with Crippen LogP contribution in [-0.2, 0) is 25.5 Å². The van der Waals surface area contributed by atoms with Gasteiger partial charge in [-0.2, -0.15) is 15.1 Å². The van der Waals surface area contributed by atoms with Gasteiger partial charge >= 0.3 is 0 Å². The molecule has 194 valence electrons. The molecule has 0 atom stereocenters. The maximum atomic E-state index is 15.2. The van der Waals surface area contributed by atoms with Gasteiger partial charge in [-0.3, -0.25) is 14.0 Å². The fraction of sp³-hybridized carbons (Fsp3) is 0.250. The molecule has 38 heavy (non-hydrogen) atoms. The van der Waals surface area contributed by atoms with E-state index in [1.54, 1.807) is 41.3 Å². The van der Waals surface area contributed by atoms with Crippen LogP contribution in [0.5, 0.6) is 0 Å². The summed E-state index contributed by atoms with van der Waals surface area (Å²) >= 11 is 0. The van der Waals surface area contributed by atoms with E-state index in [0.717, 1.165) is 11.1 Å². The molecule has 5 rings (SSSR count). The van der Waals surface area contributed by atoms with E-state index in [1.807, 2.05) is 40.1 Å². The van der Waals surface area contributed by atoms with Crippen LogP contribution in [-0.4, -0.2) is 34.4 Å². The number of benzene rings is 2. The predicted octanol–water partition coefficient (Wildman–Crippen LogP) is 3.68. The number of hydrogen-bond donors (Lipinski definition) is 2. The summed E-state index contributed by atoms with van der Waals surface area (Å²) in [4.78, 5) is 26.6. The van der Waals surface area contributed by atoms with E-state index < -0.39 is 18.0 Å². The number of aromatic nitrogens is 6. The Bertz CT molecular complexity index is 1730. The largest absolute Gasteiger partial charge is 0.392 e. The minimum atomic E-state index is -0.584. The molecule has 5 aromatic rings. The number of aliphatic hydroxyl groups is 1. The smallest absolute Gasteiger partial charge is 0.265 e. The quantitative estimate of drug-likeness (QED) is 0.367. The lowest BCUT2D eigenvalue weighted by Crippen LogP contribution is -2.21. The topological polar surface area (TPSA) is 125 Å². The van der Waals surface area contributed by atoms with Crippen LogP contribution in [0.2, 0.25) is 0 Å². The Hall–Kier alpha value is -4.44. The van der Waals surface area contributed by atoms with Gasteiger partial charge in [-0.25, -0.2) is 9.37 Å². The van der Waals surface area contributed by atoms with Crippen LogP contribution in [0.3, 0.4) is 0 Å². The van der Waals surface area contributed by atoms with Crippen molar-refractivity contribution < 1.29 is 9.50 Å². The Morgan fingerprint density at radius 1 is 1.11 bits per heavy atom. The minimum absolute atomic E-state index is 0.0158. The average Bonchev–Trinajstić information content (AvgIpc) is 3.26. The summed E-state index contributed by atoms with van der Waals surface area (Å²) in [5.41, 5.74) is 8.18. The first-order valence-corrected chi connectivity index (χ1v) is 12.1. The number of aliphatic hydroxyl groups excluding tert-OH is 1. The lowest BCUT2D eigenvalue weighted by molar-refractivity contribution is 0.282. The molecule has 0 saturated heterocycles. The van der Waals surface area contributed by atoms with Crippen molar-refractivity contribution in [1.82, 2.24) is 29.3 Å². The highest BCUT2D eigenvalue weighted by atomic mass is 19.1. The number of anilines is 1. The minimum Gasteiger partial charge on any atom is -0.392 e. The highest BCUT2D eigenvalue weighted by Crippen LogP contribution is 2.29. The van der Waals surface area contributed by atoms with E-state index >= 15 is 4.39 Å². The lowest BCUT2D eigenvalue weighted by atomic mass is 9.86. The standard InChI is InChI=1S/C28H28FN7O2/c1-28(2,3)18-11-17-8-9-36(26(38)24(17)21(29)12-18)22-7-5-6-19(20(22)15-37)25-32-23(33-27(30)34-25)10-16-13-31-35(4)14-16/h5-9,11-14,37H,10,15H2,1-4H3,(H2,30,32,33,34). The molecular weight excluding hydrogens is 485 g/mol. The normalized spacial score (nSPS) is 11.8. The van der Waals surface area contributed by atoms with Gasteiger partial charge in [0, 0.05) is 37.0 Å². The number of nitrogens with two attached hydrogens (primary N) is 1. The van der Waals surface area contributed by atoms with E-state index in [9.17, 15) is 9.90 Å². The van der Waals surface area contributed by atoms with E-state index in [2.05, 4.69) is 20.1 Å². The zero-order valence-electron chi connectivity index (χ0n) is 21.6. The number of aryl methyl sites for hydroxylation is 1. The number of hydrogen-bond acceptors (Lipinski definition) is 7. The van der Waals surface area contributed by atoms with Crippen LogP contribution in [0, 0.1) is 5.82 Å². The van der Waals surface area contributed by atoms with Gasteiger partial charge in [-0.15, -0.1) is 0 Å². The third-order valence-electron chi connectivity index (χ3n) is 6.45. The van der Waals surface area contributed by atoms with Gasteiger partial charge in [0.05, 0.1) is 23.9 Å². The highest BCUT2D eigenvalue weighted by molar-refractivity contribution is 5.83. The molecule has 3 N–H and O–H groups in total. The Morgan fingerprint density at radius 3 is 2.58 bits per heavy atom. The van der Waals surface area contributed by atoms with E-state index in [-0.39, 0.29) is 22.6 Å². The third kappa shape index (κ3) is 4.66. The van der Waals surface area contributed by atoms with Crippen LogP contribution in [0.25, 0.3) is 27.8 Å². The van der Waals surface area contributed by atoms with Crippen molar-refractivity contribution in [3.63, 3.8) is 0 Å². The first-order valence-electron chi connectivity index (χ1n) is 12.1. The average molecular weight is 514 g/mol. The second kappa shape index (κ2) is 9.46. The predicted molar refractivity (Wildman–Crippen MR) is 143 cm³/mol. The van der Waals surface area contributed by atoms with Crippen molar-refractivity contribution >= 4 is 16.7 Å². The van der Waals surface area contributed by atoms with Gasteiger partial charge in [0.15, 0.2) is 5.82 Å². The Morgan fingerprint density at radius 2 is 1.89 bits per heavy atom. The molecule has 0 amide bonds. The molecule has 2 aromatic carbocycles. The Labute approximate surface area is 218 Å². The number of rotatable bonds is 5. The zero-order chi connectivity index (χ0) is 27.2. The number of fused-ring (bicyclic) bond motifs is 1. The van der Waals surface area contributed by atoms with Gasteiger partial charge in [0.25, 0.3) is 5.56 Å². The molecule has 0 aliphatic heterocycles. The van der Waals surface area contributed by atoms with Crippen molar-refractivity contribution in [1.29, 1.82) is 0 Å². The van der Waals surface area contributed by atoms with Crippen LogP contribution in [0.15, 0.2) is 59.8 Å². The molecule has 0 aliphatic rings.